The summed E-state index contributed by atoms with van der Waals surface area (Å²) in [6.07, 6.45) is 1.48. The number of hydrogen-bond donors (Lipinski definition) is 2. The van der Waals surface area contributed by atoms with Crippen LogP contribution in [0.25, 0.3) is 0 Å². The molecule has 0 aliphatic rings. The number of nitrogens with one attached hydrogen (secondary N) is 2. The Morgan fingerprint density at radius 3 is 2.48 bits per heavy atom. The fourth-order valence-electron chi connectivity index (χ4n) is 1.90. The number of benzene rings is 2. The van der Waals surface area contributed by atoms with Crippen LogP contribution in [0.1, 0.15) is 5.56 Å². The third-order valence-corrected chi connectivity index (χ3v) is 3.51. The van der Waals surface area contributed by atoms with Crippen molar-refractivity contribution < 1.29 is 4.39 Å². The molecule has 5 nitrogen and oxygen atoms in total. The van der Waals surface area contributed by atoms with E-state index in [1.54, 1.807) is 18.2 Å². The lowest BCUT2D eigenvalue weighted by atomic mass is 10.2. The third kappa shape index (κ3) is 3.92. The lowest BCUT2D eigenvalue weighted by Gasteiger charge is -2.08. The van der Waals surface area contributed by atoms with E-state index in [9.17, 15) is 4.39 Å². The van der Waals surface area contributed by atoms with Gasteiger partial charge in [0.05, 0.1) is 6.20 Å². The van der Waals surface area contributed by atoms with Gasteiger partial charge in [0, 0.05) is 16.4 Å². The van der Waals surface area contributed by atoms with Gasteiger partial charge in [-0.15, -0.1) is 5.10 Å². The molecule has 2 N–H and O–H groups in total. The summed E-state index contributed by atoms with van der Waals surface area (Å²) in [6, 6.07) is 11.5. The molecule has 3 aromatic rings. The minimum atomic E-state index is -0.296. The summed E-state index contributed by atoms with van der Waals surface area (Å²) >= 11 is 6.09. The van der Waals surface area contributed by atoms with Crippen molar-refractivity contribution in [1.82, 2.24) is 15.2 Å². The van der Waals surface area contributed by atoms with Crippen LogP contribution in [0.4, 0.5) is 27.5 Å². The van der Waals surface area contributed by atoms with E-state index >= 15 is 0 Å². The van der Waals surface area contributed by atoms with Crippen molar-refractivity contribution in [3.05, 3.63) is 65.1 Å². The summed E-state index contributed by atoms with van der Waals surface area (Å²) in [5, 5.41) is 14.5. The fraction of sp³-hybridized carbons (Fsp3) is 0.0625. The molecule has 0 radical (unpaired) electrons. The van der Waals surface area contributed by atoms with Crippen molar-refractivity contribution in [2.75, 3.05) is 10.6 Å². The lowest BCUT2D eigenvalue weighted by molar-refractivity contribution is 0.628. The summed E-state index contributed by atoms with van der Waals surface area (Å²) in [5.41, 5.74) is 2.46. The van der Waals surface area contributed by atoms with Crippen molar-refractivity contribution in [3.63, 3.8) is 0 Å². The van der Waals surface area contributed by atoms with Gasteiger partial charge in [-0.2, -0.15) is 10.1 Å². The molecule has 0 unspecified atom stereocenters. The number of anilines is 4. The Bertz CT molecular complexity index is 823. The van der Waals surface area contributed by atoms with Crippen LogP contribution in [-0.4, -0.2) is 15.2 Å². The maximum atomic E-state index is 12.9. The maximum absolute atomic E-state index is 12.9. The molecule has 23 heavy (non-hydrogen) atoms. The second kappa shape index (κ2) is 6.58. The first-order chi connectivity index (χ1) is 11.1. The van der Waals surface area contributed by atoms with E-state index in [0.717, 1.165) is 11.3 Å². The molecule has 0 spiro atoms. The topological polar surface area (TPSA) is 62.7 Å². The van der Waals surface area contributed by atoms with E-state index in [4.69, 9.17) is 11.6 Å². The molecule has 3 rings (SSSR count). The molecule has 0 saturated carbocycles. The number of rotatable bonds is 4. The molecule has 116 valence electrons. The zero-order chi connectivity index (χ0) is 16.2. The average molecular weight is 330 g/mol. The summed E-state index contributed by atoms with van der Waals surface area (Å²) in [7, 11) is 0. The Morgan fingerprint density at radius 2 is 1.74 bits per heavy atom. The van der Waals surface area contributed by atoms with Crippen LogP contribution in [0.2, 0.25) is 5.02 Å². The predicted molar refractivity (Wildman–Crippen MR) is 89.0 cm³/mol. The number of halogens is 2. The van der Waals surface area contributed by atoms with Gasteiger partial charge in [-0.05, 0) is 48.9 Å². The summed E-state index contributed by atoms with van der Waals surface area (Å²) in [4.78, 5) is 4.31. The molecular formula is C16H13ClFN5. The Kier molecular flexibility index (Phi) is 4.34. The highest BCUT2D eigenvalue weighted by atomic mass is 35.5. The molecule has 0 aliphatic heterocycles. The van der Waals surface area contributed by atoms with Gasteiger partial charge < -0.3 is 10.6 Å². The van der Waals surface area contributed by atoms with E-state index in [1.165, 1.54) is 18.3 Å². The Balaban J connectivity index is 1.76. The van der Waals surface area contributed by atoms with Crippen molar-refractivity contribution in [2.45, 2.75) is 6.92 Å². The molecule has 0 saturated heterocycles. The molecule has 0 aliphatic carbocycles. The van der Waals surface area contributed by atoms with Crippen molar-refractivity contribution >= 4 is 34.7 Å². The summed E-state index contributed by atoms with van der Waals surface area (Å²) in [6.45, 7) is 1.93. The molecule has 7 heteroatoms. The normalized spacial score (nSPS) is 10.4. The van der Waals surface area contributed by atoms with E-state index in [-0.39, 0.29) is 5.82 Å². The Labute approximate surface area is 137 Å². The highest BCUT2D eigenvalue weighted by Crippen LogP contribution is 2.22. The SMILES string of the molecule is Cc1ccc(Nc2nncc(Nc3ccc(F)cc3)n2)cc1Cl. The van der Waals surface area contributed by atoms with Crippen LogP contribution in [0.3, 0.4) is 0 Å². The van der Waals surface area contributed by atoms with Crippen LogP contribution in [0.5, 0.6) is 0 Å². The second-order valence-electron chi connectivity index (χ2n) is 4.89. The molecule has 0 atom stereocenters. The van der Waals surface area contributed by atoms with Crippen LogP contribution in [-0.2, 0) is 0 Å². The molecule has 1 heterocycles. The molecule has 0 amide bonds. The smallest absolute Gasteiger partial charge is 0.249 e. The number of nitrogens with zero attached hydrogens (tertiary/aromatic N) is 3. The monoisotopic (exact) mass is 329 g/mol. The minimum absolute atomic E-state index is 0.296. The van der Waals surface area contributed by atoms with Gasteiger partial charge >= 0.3 is 0 Å². The Hall–Kier alpha value is -2.73. The van der Waals surface area contributed by atoms with Gasteiger partial charge in [0.2, 0.25) is 5.95 Å². The predicted octanol–water partition coefficient (Wildman–Crippen LogP) is 4.46. The van der Waals surface area contributed by atoms with Crippen LogP contribution in [0, 0.1) is 12.7 Å². The van der Waals surface area contributed by atoms with Crippen LogP contribution < -0.4 is 10.6 Å². The van der Waals surface area contributed by atoms with Gasteiger partial charge in [-0.1, -0.05) is 17.7 Å². The molecule has 2 aromatic carbocycles. The van der Waals surface area contributed by atoms with E-state index < -0.39 is 0 Å². The highest BCUT2D eigenvalue weighted by molar-refractivity contribution is 6.31. The first-order valence-electron chi connectivity index (χ1n) is 6.86. The van der Waals surface area contributed by atoms with E-state index in [0.29, 0.717) is 22.5 Å². The largest absolute Gasteiger partial charge is 0.339 e. The number of aromatic nitrogens is 3. The first-order valence-corrected chi connectivity index (χ1v) is 7.23. The fourth-order valence-corrected chi connectivity index (χ4v) is 2.08. The van der Waals surface area contributed by atoms with Gasteiger partial charge in [0.25, 0.3) is 0 Å². The molecule has 0 bridgehead atoms. The zero-order valence-electron chi connectivity index (χ0n) is 12.2. The van der Waals surface area contributed by atoms with Crippen molar-refractivity contribution in [1.29, 1.82) is 0 Å². The van der Waals surface area contributed by atoms with Crippen LogP contribution in [0.15, 0.2) is 48.7 Å². The minimum Gasteiger partial charge on any atom is -0.339 e. The van der Waals surface area contributed by atoms with Gasteiger partial charge in [-0.3, -0.25) is 0 Å². The van der Waals surface area contributed by atoms with Crippen molar-refractivity contribution in [3.8, 4) is 0 Å². The van der Waals surface area contributed by atoms with E-state index in [1.807, 2.05) is 19.1 Å². The van der Waals surface area contributed by atoms with Crippen LogP contribution >= 0.6 is 11.6 Å². The summed E-state index contributed by atoms with van der Waals surface area (Å²) < 4.78 is 12.9. The first kappa shape index (κ1) is 15.2. The average Bonchev–Trinajstić information content (AvgIpc) is 2.54. The number of aryl methyl sites for hydroxylation is 1. The lowest BCUT2D eigenvalue weighted by Crippen LogP contribution is -2.02. The van der Waals surface area contributed by atoms with Gasteiger partial charge in [0.15, 0.2) is 5.82 Å². The number of hydrogen-bond acceptors (Lipinski definition) is 5. The van der Waals surface area contributed by atoms with Gasteiger partial charge in [-0.25, -0.2) is 4.39 Å². The standard InChI is InChI=1S/C16H13ClFN5/c1-10-2-5-13(8-14(10)17)21-16-22-15(9-19-23-16)20-12-6-3-11(18)4-7-12/h2-9H,1H3,(H2,20,21,22,23). The Morgan fingerprint density at radius 1 is 1.00 bits per heavy atom. The zero-order valence-corrected chi connectivity index (χ0v) is 13.0. The molecular weight excluding hydrogens is 317 g/mol. The summed E-state index contributed by atoms with van der Waals surface area (Å²) in [5.74, 6) is 0.527. The maximum Gasteiger partial charge on any atom is 0.249 e. The molecule has 0 fully saturated rings. The van der Waals surface area contributed by atoms with Crippen molar-refractivity contribution in [2.24, 2.45) is 0 Å². The third-order valence-electron chi connectivity index (χ3n) is 3.10. The molecule has 1 aromatic heterocycles. The highest BCUT2D eigenvalue weighted by Gasteiger charge is 2.04. The van der Waals surface area contributed by atoms with E-state index in [2.05, 4.69) is 25.8 Å². The quantitative estimate of drug-likeness (QED) is 0.740. The second-order valence-corrected chi connectivity index (χ2v) is 5.29. The van der Waals surface area contributed by atoms with Gasteiger partial charge in [0.1, 0.15) is 5.82 Å².